The number of nitrogens with two attached hydrogens (primary N) is 1. The van der Waals surface area contributed by atoms with Crippen molar-refractivity contribution in [1.82, 2.24) is 4.98 Å². The Balaban J connectivity index is 3.56. The van der Waals surface area contributed by atoms with Gasteiger partial charge in [0.1, 0.15) is 10.0 Å². The van der Waals surface area contributed by atoms with Gasteiger partial charge in [-0.25, -0.2) is 27.3 Å². The molecule has 0 aromatic carbocycles. The summed E-state index contributed by atoms with van der Waals surface area (Å²) >= 11 is 8.09. The second-order valence-electron chi connectivity index (χ2n) is 2.49. The van der Waals surface area contributed by atoms with E-state index in [1.165, 1.54) is 0 Å². The number of hydrogen-bond donors (Lipinski definition) is 1. The minimum atomic E-state index is -4.11. The lowest BCUT2D eigenvalue weighted by Gasteiger charge is -2.08. The van der Waals surface area contributed by atoms with Crippen molar-refractivity contribution in [2.24, 2.45) is 5.14 Å². The Morgan fingerprint density at radius 3 is 2.47 bits per heavy atom. The molecule has 0 radical (unpaired) electrons. The number of halogens is 4. The maximum absolute atomic E-state index is 12.5. The van der Waals surface area contributed by atoms with Crippen LogP contribution < -0.4 is 5.14 Å². The minimum absolute atomic E-state index is 0.361. The van der Waals surface area contributed by atoms with Crippen LogP contribution in [0.3, 0.4) is 0 Å². The Hall–Kier alpha value is -0.310. The van der Waals surface area contributed by atoms with E-state index >= 15 is 0 Å². The summed E-state index contributed by atoms with van der Waals surface area (Å²) < 4.78 is 46.5. The van der Waals surface area contributed by atoms with Gasteiger partial charge < -0.3 is 0 Å². The lowest BCUT2D eigenvalue weighted by atomic mass is 10.3. The molecular formula is C6H4BrClF2N2O2S. The first-order valence-electron chi connectivity index (χ1n) is 3.40. The first kappa shape index (κ1) is 12.8. The molecule has 4 nitrogen and oxygen atoms in total. The SMILES string of the molecule is NS(=O)(=O)c1cnc(Cl)c(C(F)F)c1Br. The number of sulfonamides is 1. The van der Waals surface area contributed by atoms with Crippen molar-refractivity contribution < 1.29 is 17.2 Å². The summed E-state index contributed by atoms with van der Waals surface area (Å²) in [4.78, 5) is 2.80. The van der Waals surface area contributed by atoms with Crippen LogP contribution in [0.4, 0.5) is 8.78 Å². The van der Waals surface area contributed by atoms with Gasteiger partial charge in [-0.05, 0) is 15.9 Å². The smallest absolute Gasteiger partial charge is 0.243 e. The standard InChI is InChI=1S/C6H4BrClF2N2O2S/c7-4-2(15(11,13)14)1-12-5(8)3(4)6(9)10/h1,6H,(H2,11,13,14). The van der Waals surface area contributed by atoms with Crippen molar-refractivity contribution in [3.8, 4) is 0 Å². The molecule has 1 aromatic rings. The maximum Gasteiger partial charge on any atom is 0.267 e. The molecule has 0 spiro atoms. The molecule has 0 bridgehead atoms. The lowest BCUT2D eigenvalue weighted by Crippen LogP contribution is -2.14. The maximum atomic E-state index is 12.5. The summed E-state index contributed by atoms with van der Waals surface area (Å²) in [5.41, 5.74) is -0.691. The van der Waals surface area contributed by atoms with Crippen molar-refractivity contribution in [2.75, 3.05) is 0 Å². The molecule has 0 aliphatic carbocycles. The summed E-state index contributed by atoms with van der Waals surface area (Å²) in [6, 6.07) is 0. The Morgan fingerprint density at radius 1 is 1.53 bits per heavy atom. The van der Waals surface area contributed by atoms with Gasteiger partial charge in [0.15, 0.2) is 0 Å². The fraction of sp³-hybridized carbons (Fsp3) is 0.167. The molecule has 1 heterocycles. The molecule has 0 saturated carbocycles. The van der Waals surface area contributed by atoms with Crippen LogP contribution in [-0.4, -0.2) is 13.4 Å². The quantitative estimate of drug-likeness (QED) is 0.848. The average Bonchev–Trinajstić information content (AvgIpc) is 2.00. The van der Waals surface area contributed by atoms with Gasteiger partial charge in [0.05, 0.1) is 10.0 Å². The van der Waals surface area contributed by atoms with Crippen molar-refractivity contribution in [1.29, 1.82) is 0 Å². The topological polar surface area (TPSA) is 73.1 Å². The first-order valence-corrected chi connectivity index (χ1v) is 6.11. The summed E-state index contributed by atoms with van der Waals surface area (Å²) in [5.74, 6) is 0. The van der Waals surface area contributed by atoms with Crippen molar-refractivity contribution in [3.05, 3.63) is 21.4 Å². The second kappa shape index (κ2) is 4.28. The van der Waals surface area contributed by atoms with Gasteiger partial charge in [0.25, 0.3) is 6.43 Å². The van der Waals surface area contributed by atoms with Crippen molar-refractivity contribution >= 4 is 37.6 Å². The first-order chi connectivity index (χ1) is 6.75. The molecule has 0 atom stereocenters. The highest BCUT2D eigenvalue weighted by Crippen LogP contribution is 2.35. The Bertz CT molecular complexity index is 494. The fourth-order valence-electron chi connectivity index (χ4n) is 0.849. The second-order valence-corrected chi connectivity index (χ2v) is 5.17. The number of pyridine rings is 1. The van der Waals surface area contributed by atoms with E-state index in [9.17, 15) is 17.2 Å². The summed E-state index contributed by atoms with van der Waals surface area (Å²) in [6.45, 7) is 0. The fourth-order valence-corrected chi connectivity index (χ4v) is 2.89. The molecule has 0 fully saturated rings. The zero-order valence-corrected chi connectivity index (χ0v) is 10.1. The molecule has 15 heavy (non-hydrogen) atoms. The predicted octanol–water partition coefficient (Wildman–Crippen LogP) is 2.08. The third-order valence-corrected chi connectivity index (χ3v) is 3.84. The number of rotatable bonds is 2. The number of primary sulfonamides is 1. The Kier molecular flexibility index (Phi) is 3.64. The number of alkyl halides is 2. The van der Waals surface area contributed by atoms with E-state index in [4.69, 9.17) is 16.7 Å². The molecule has 0 amide bonds. The molecule has 1 rings (SSSR count). The van der Waals surface area contributed by atoms with Crippen LogP contribution in [0.2, 0.25) is 5.15 Å². The van der Waals surface area contributed by atoms with Gasteiger partial charge in [-0.2, -0.15) is 0 Å². The predicted molar refractivity (Wildman–Crippen MR) is 53.3 cm³/mol. The van der Waals surface area contributed by atoms with Crippen LogP contribution in [0.15, 0.2) is 15.6 Å². The van der Waals surface area contributed by atoms with Crippen LogP contribution >= 0.6 is 27.5 Å². The average molecular weight is 322 g/mol. The van der Waals surface area contributed by atoms with E-state index in [-0.39, 0.29) is 4.47 Å². The van der Waals surface area contributed by atoms with E-state index < -0.39 is 32.1 Å². The zero-order chi connectivity index (χ0) is 11.8. The molecule has 9 heteroatoms. The molecule has 84 valence electrons. The monoisotopic (exact) mass is 320 g/mol. The van der Waals surface area contributed by atoms with Crippen molar-refractivity contribution in [3.63, 3.8) is 0 Å². The normalized spacial score (nSPS) is 12.1. The summed E-state index contributed by atoms with van der Waals surface area (Å²) in [7, 11) is -4.11. The largest absolute Gasteiger partial charge is 0.267 e. The summed E-state index contributed by atoms with van der Waals surface area (Å²) in [6.07, 6.45) is -2.13. The highest BCUT2D eigenvalue weighted by atomic mass is 79.9. The van der Waals surface area contributed by atoms with Gasteiger partial charge in [-0.3, -0.25) is 0 Å². The Labute approximate surface area is 97.6 Å². The molecule has 0 saturated heterocycles. The van der Waals surface area contributed by atoms with Gasteiger partial charge in [-0.1, -0.05) is 11.6 Å². The van der Waals surface area contributed by atoms with Gasteiger partial charge in [-0.15, -0.1) is 0 Å². The number of aromatic nitrogens is 1. The van der Waals surface area contributed by atoms with E-state index in [1.54, 1.807) is 0 Å². The third kappa shape index (κ3) is 2.63. The van der Waals surface area contributed by atoms with Crippen LogP contribution in [0, 0.1) is 0 Å². The van der Waals surface area contributed by atoms with Crippen LogP contribution in [0.1, 0.15) is 12.0 Å². The van der Waals surface area contributed by atoms with E-state index in [2.05, 4.69) is 20.9 Å². The van der Waals surface area contributed by atoms with E-state index in [0.29, 0.717) is 0 Å². The molecule has 2 N–H and O–H groups in total. The molecule has 0 aliphatic rings. The molecular weight excluding hydrogens is 317 g/mol. The van der Waals surface area contributed by atoms with Gasteiger partial charge in [0, 0.05) is 6.20 Å². The zero-order valence-electron chi connectivity index (χ0n) is 6.92. The summed E-state index contributed by atoms with van der Waals surface area (Å²) in [5, 5.41) is 4.32. The van der Waals surface area contributed by atoms with E-state index in [1.807, 2.05) is 0 Å². The number of hydrogen-bond acceptors (Lipinski definition) is 3. The lowest BCUT2D eigenvalue weighted by molar-refractivity contribution is 0.150. The van der Waals surface area contributed by atoms with Crippen molar-refractivity contribution in [2.45, 2.75) is 11.3 Å². The Morgan fingerprint density at radius 2 is 2.07 bits per heavy atom. The number of nitrogens with zero attached hydrogens (tertiary/aromatic N) is 1. The highest BCUT2D eigenvalue weighted by molar-refractivity contribution is 9.10. The van der Waals surface area contributed by atoms with Crippen LogP contribution in [0.5, 0.6) is 0 Å². The van der Waals surface area contributed by atoms with E-state index in [0.717, 1.165) is 6.20 Å². The molecule has 0 aliphatic heterocycles. The molecule has 1 aromatic heterocycles. The third-order valence-electron chi connectivity index (χ3n) is 1.49. The van der Waals surface area contributed by atoms with Gasteiger partial charge in [0.2, 0.25) is 10.0 Å². The van der Waals surface area contributed by atoms with Crippen LogP contribution in [0.25, 0.3) is 0 Å². The minimum Gasteiger partial charge on any atom is -0.243 e. The van der Waals surface area contributed by atoms with Gasteiger partial charge >= 0.3 is 0 Å². The molecule has 0 unspecified atom stereocenters. The van der Waals surface area contributed by atoms with Crippen LogP contribution in [-0.2, 0) is 10.0 Å². The highest BCUT2D eigenvalue weighted by Gasteiger charge is 2.24.